The molecule has 2 unspecified atom stereocenters. The van der Waals surface area contributed by atoms with Gasteiger partial charge in [-0.25, -0.2) is 4.39 Å². The summed E-state index contributed by atoms with van der Waals surface area (Å²) in [6.07, 6.45) is 7.95. The van der Waals surface area contributed by atoms with Crippen LogP contribution < -0.4 is 5.73 Å². The van der Waals surface area contributed by atoms with Crippen LogP contribution in [0.15, 0.2) is 30.3 Å². The molecule has 3 rings (SSSR count). The number of nitrogens with one attached hydrogen (secondary N) is 1. The van der Waals surface area contributed by atoms with Crippen molar-refractivity contribution in [3.63, 3.8) is 0 Å². The molecule has 1 aromatic carbocycles. The average Bonchev–Trinajstić information content (AvgIpc) is 3.16. The fraction of sp³-hybridized carbons (Fsp3) is 0.545. The zero-order chi connectivity index (χ0) is 19.9. The lowest BCUT2D eigenvalue weighted by molar-refractivity contribution is -0.135. The summed E-state index contributed by atoms with van der Waals surface area (Å²) in [5.74, 6) is 0.130. The molecule has 2 atom stereocenters. The lowest BCUT2D eigenvalue weighted by Gasteiger charge is -2.29. The van der Waals surface area contributed by atoms with Gasteiger partial charge in [0.15, 0.2) is 0 Å². The van der Waals surface area contributed by atoms with Gasteiger partial charge in [0, 0.05) is 36.8 Å². The molecule has 0 spiro atoms. The first-order chi connectivity index (χ1) is 13.5. The molecule has 3 N–H and O–H groups in total. The summed E-state index contributed by atoms with van der Waals surface area (Å²) in [5.41, 5.74) is 8.84. The summed E-state index contributed by atoms with van der Waals surface area (Å²) in [7, 11) is 1.91. The van der Waals surface area contributed by atoms with Crippen molar-refractivity contribution in [1.82, 2.24) is 15.1 Å². The third-order valence-electron chi connectivity index (χ3n) is 5.65. The molecule has 160 valence electrons. The van der Waals surface area contributed by atoms with Crippen LogP contribution >= 0.6 is 12.4 Å². The van der Waals surface area contributed by atoms with E-state index in [1.165, 1.54) is 12.1 Å². The summed E-state index contributed by atoms with van der Waals surface area (Å²) in [5, 5.41) is 7.38. The molecule has 2 aromatic rings. The first kappa shape index (κ1) is 23.4. The number of aryl methyl sites for hydroxylation is 1. The Morgan fingerprint density at radius 3 is 2.72 bits per heavy atom. The van der Waals surface area contributed by atoms with Crippen molar-refractivity contribution in [3.05, 3.63) is 41.8 Å². The SMILES string of the molecule is CN(CCCCCc1cc(-c2ccc(F)cc2)n[nH]1)C(=O)C1CCCC(N)C1.Cl. The van der Waals surface area contributed by atoms with E-state index < -0.39 is 0 Å². The normalized spacial score (nSPS) is 18.9. The third kappa shape index (κ3) is 6.82. The number of nitrogens with zero attached hydrogens (tertiary/aromatic N) is 2. The summed E-state index contributed by atoms with van der Waals surface area (Å²) in [4.78, 5) is 14.4. The van der Waals surface area contributed by atoms with Crippen LogP contribution in [0.25, 0.3) is 11.3 Å². The second-order valence-electron chi connectivity index (χ2n) is 7.98. The summed E-state index contributed by atoms with van der Waals surface area (Å²) < 4.78 is 13.0. The smallest absolute Gasteiger partial charge is 0.225 e. The molecule has 0 radical (unpaired) electrons. The number of hydrogen-bond acceptors (Lipinski definition) is 3. The van der Waals surface area contributed by atoms with Gasteiger partial charge in [-0.05, 0) is 68.9 Å². The molecule has 1 fully saturated rings. The van der Waals surface area contributed by atoms with Crippen molar-refractivity contribution in [2.24, 2.45) is 11.7 Å². The molecule has 1 amide bonds. The lowest BCUT2D eigenvalue weighted by Crippen LogP contribution is -2.39. The van der Waals surface area contributed by atoms with Gasteiger partial charge in [0.25, 0.3) is 0 Å². The van der Waals surface area contributed by atoms with Gasteiger partial charge in [-0.15, -0.1) is 12.4 Å². The van der Waals surface area contributed by atoms with E-state index in [1.807, 2.05) is 18.0 Å². The van der Waals surface area contributed by atoms with Crippen LogP contribution in [0.2, 0.25) is 0 Å². The van der Waals surface area contributed by atoms with E-state index >= 15 is 0 Å². The maximum atomic E-state index is 13.0. The number of carbonyl (C=O) groups is 1. The Balaban J connectivity index is 0.00000300. The molecule has 1 saturated carbocycles. The number of aromatic amines is 1. The van der Waals surface area contributed by atoms with Crippen LogP contribution in [-0.4, -0.2) is 40.6 Å². The van der Waals surface area contributed by atoms with Gasteiger partial charge in [0.2, 0.25) is 5.91 Å². The largest absolute Gasteiger partial charge is 0.346 e. The van der Waals surface area contributed by atoms with Gasteiger partial charge in [-0.2, -0.15) is 5.10 Å². The molecule has 0 aliphatic heterocycles. The van der Waals surface area contributed by atoms with Crippen LogP contribution in [0, 0.1) is 11.7 Å². The van der Waals surface area contributed by atoms with Crippen molar-refractivity contribution < 1.29 is 9.18 Å². The van der Waals surface area contributed by atoms with E-state index in [-0.39, 0.29) is 36.1 Å². The Morgan fingerprint density at radius 1 is 1.24 bits per heavy atom. The van der Waals surface area contributed by atoms with E-state index in [0.717, 1.165) is 74.9 Å². The minimum Gasteiger partial charge on any atom is -0.346 e. The Morgan fingerprint density at radius 2 is 2.00 bits per heavy atom. The molecule has 1 aliphatic rings. The van der Waals surface area contributed by atoms with Crippen LogP contribution in [0.5, 0.6) is 0 Å². The second kappa shape index (κ2) is 11.3. The quantitative estimate of drug-likeness (QED) is 0.622. The minimum atomic E-state index is -0.241. The monoisotopic (exact) mass is 422 g/mol. The van der Waals surface area contributed by atoms with E-state index in [2.05, 4.69) is 10.2 Å². The maximum Gasteiger partial charge on any atom is 0.225 e. The summed E-state index contributed by atoms with van der Waals surface area (Å²) in [6.45, 7) is 0.800. The number of unbranched alkanes of at least 4 members (excludes halogenated alkanes) is 2. The molecule has 1 aromatic heterocycles. The van der Waals surface area contributed by atoms with Gasteiger partial charge >= 0.3 is 0 Å². The van der Waals surface area contributed by atoms with Crippen molar-refractivity contribution in [2.45, 2.75) is 57.4 Å². The second-order valence-corrected chi connectivity index (χ2v) is 7.98. The number of amides is 1. The van der Waals surface area contributed by atoms with E-state index in [9.17, 15) is 9.18 Å². The molecule has 0 saturated heterocycles. The van der Waals surface area contributed by atoms with Gasteiger partial charge in [-0.3, -0.25) is 9.89 Å². The molecule has 1 heterocycles. The average molecular weight is 423 g/mol. The lowest BCUT2D eigenvalue weighted by atomic mass is 9.85. The number of aromatic nitrogens is 2. The van der Waals surface area contributed by atoms with Crippen molar-refractivity contribution >= 4 is 18.3 Å². The van der Waals surface area contributed by atoms with Crippen LogP contribution in [0.1, 0.15) is 50.6 Å². The van der Waals surface area contributed by atoms with Crippen LogP contribution in [-0.2, 0) is 11.2 Å². The zero-order valence-corrected chi connectivity index (χ0v) is 17.9. The van der Waals surface area contributed by atoms with E-state index in [4.69, 9.17) is 5.73 Å². The Kier molecular flexibility index (Phi) is 9.11. The van der Waals surface area contributed by atoms with Crippen LogP contribution in [0.4, 0.5) is 4.39 Å². The number of H-pyrrole nitrogens is 1. The first-order valence-electron chi connectivity index (χ1n) is 10.3. The van der Waals surface area contributed by atoms with Crippen molar-refractivity contribution in [3.8, 4) is 11.3 Å². The predicted octanol–water partition coefficient (Wildman–Crippen LogP) is 4.33. The molecule has 1 aliphatic carbocycles. The predicted molar refractivity (Wildman–Crippen MR) is 116 cm³/mol. The van der Waals surface area contributed by atoms with Crippen molar-refractivity contribution in [1.29, 1.82) is 0 Å². The Bertz CT molecular complexity index is 764. The number of benzene rings is 1. The first-order valence-corrected chi connectivity index (χ1v) is 10.3. The topological polar surface area (TPSA) is 75.0 Å². The fourth-order valence-corrected chi connectivity index (χ4v) is 3.97. The standard InChI is InChI=1S/C22H31FN4O.ClH/c1-27(22(28)17-6-5-7-19(24)14-17)13-4-2-3-8-20-15-21(26-25-20)16-9-11-18(23)12-10-16;/h9-12,15,17,19H,2-8,13-14,24H2,1H3,(H,25,26);1H. The van der Waals surface area contributed by atoms with Gasteiger partial charge in [0.1, 0.15) is 5.82 Å². The molecule has 29 heavy (non-hydrogen) atoms. The highest BCUT2D eigenvalue weighted by Crippen LogP contribution is 2.25. The molecule has 5 nitrogen and oxygen atoms in total. The fourth-order valence-electron chi connectivity index (χ4n) is 3.97. The highest BCUT2D eigenvalue weighted by Gasteiger charge is 2.27. The Labute approximate surface area is 178 Å². The molecule has 0 bridgehead atoms. The number of rotatable bonds is 8. The Hall–Kier alpha value is -1.92. The molecular weight excluding hydrogens is 391 g/mol. The highest BCUT2D eigenvalue weighted by molar-refractivity contribution is 5.85. The van der Waals surface area contributed by atoms with E-state index in [1.54, 1.807) is 12.1 Å². The summed E-state index contributed by atoms with van der Waals surface area (Å²) >= 11 is 0. The number of nitrogens with two attached hydrogens (primary N) is 1. The maximum absolute atomic E-state index is 13.0. The highest BCUT2D eigenvalue weighted by atomic mass is 35.5. The molecule has 7 heteroatoms. The van der Waals surface area contributed by atoms with Crippen molar-refractivity contribution in [2.75, 3.05) is 13.6 Å². The minimum absolute atomic E-state index is 0. The molecular formula is C22H32ClFN4O. The third-order valence-corrected chi connectivity index (χ3v) is 5.65. The van der Waals surface area contributed by atoms with Gasteiger partial charge in [0.05, 0.1) is 5.69 Å². The number of hydrogen-bond donors (Lipinski definition) is 2. The van der Waals surface area contributed by atoms with Gasteiger partial charge in [-0.1, -0.05) is 12.8 Å². The van der Waals surface area contributed by atoms with Gasteiger partial charge < -0.3 is 10.6 Å². The number of carbonyl (C=O) groups excluding carboxylic acids is 1. The number of halogens is 2. The van der Waals surface area contributed by atoms with E-state index in [0.29, 0.717) is 0 Å². The van der Waals surface area contributed by atoms with Crippen LogP contribution in [0.3, 0.4) is 0 Å². The zero-order valence-electron chi connectivity index (χ0n) is 17.1. The summed E-state index contributed by atoms with van der Waals surface area (Å²) in [6, 6.07) is 8.58.